The third kappa shape index (κ3) is 4.80. The van der Waals surface area contributed by atoms with Crippen molar-refractivity contribution in [2.75, 3.05) is 18.6 Å². The molecule has 0 aliphatic heterocycles. The van der Waals surface area contributed by atoms with Crippen molar-refractivity contribution in [3.8, 4) is 0 Å². The van der Waals surface area contributed by atoms with E-state index in [0.29, 0.717) is 0 Å². The van der Waals surface area contributed by atoms with Gasteiger partial charge in [0.2, 0.25) is 0 Å². The van der Waals surface area contributed by atoms with E-state index in [1.54, 1.807) is 0 Å². The molecule has 0 aliphatic rings. The molecule has 0 spiro atoms. The number of amides is 1. The Morgan fingerprint density at radius 1 is 1.39 bits per heavy atom. The first kappa shape index (κ1) is 14.6. The average molecular weight is 275 g/mol. The number of nitrogens with one attached hydrogen (secondary N) is 1. The van der Waals surface area contributed by atoms with E-state index in [1.807, 2.05) is 0 Å². The Hall–Kier alpha value is -1.47. The number of carbonyl (C=O) groups is 1. The molecule has 5 nitrogen and oxygen atoms in total. The summed E-state index contributed by atoms with van der Waals surface area (Å²) in [6.45, 7) is -0.0735. The zero-order valence-corrected chi connectivity index (χ0v) is 10.6. The Balaban J connectivity index is 2.54. The first-order valence-electron chi connectivity index (χ1n) is 5.18. The number of halogens is 1. The normalized spacial score (nSPS) is 13.1. The van der Waals surface area contributed by atoms with Gasteiger partial charge in [0.15, 0.2) is 6.10 Å². The molecular weight excluding hydrogens is 261 g/mol. The van der Waals surface area contributed by atoms with Crippen molar-refractivity contribution >= 4 is 15.7 Å². The third-order valence-corrected chi connectivity index (χ3v) is 3.15. The predicted octanol–water partition coefficient (Wildman–Crippen LogP) is 0.0199. The molecule has 1 amide bonds. The van der Waals surface area contributed by atoms with Gasteiger partial charge in [-0.15, -0.1) is 0 Å². The maximum absolute atomic E-state index is 12.6. The fourth-order valence-corrected chi connectivity index (χ4v) is 1.73. The summed E-state index contributed by atoms with van der Waals surface area (Å²) in [6.07, 6.45) is -0.389. The van der Waals surface area contributed by atoms with Gasteiger partial charge in [-0.2, -0.15) is 0 Å². The molecule has 1 rings (SSSR count). The molecule has 18 heavy (non-hydrogen) atoms. The van der Waals surface area contributed by atoms with Crippen LogP contribution in [0.3, 0.4) is 0 Å². The van der Waals surface area contributed by atoms with Crippen molar-refractivity contribution in [1.29, 1.82) is 0 Å². The number of hydrogen-bond acceptors (Lipinski definition) is 4. The Kier molecular flexibility index (Phi) is 4.80. The smallest absolute Gasteiger partial charge is 0.253 e. The molecule has 0 radical (unpaired) electrons. The van der Waals surface area contributed by atoms with Gasteiger partial charge in [0.05, 0.1) is 5.75 Å². The first-order chi connectivity index (χ1) is 8.29. The van der Waals surface area contributed by atoms with E-state index >= 15 is 0 Å². The minimum absolute atomic E-state index is 0.0735. The monoisotopic (exact) mass is 275 g/mol. The number of aliphatic hydroxyl groups is 1. The number of hydrogen-bond donors (Lipinski definition) is 2. The van der Waals surface area contributed by atoms with Crippen molar-refractivity contribution in [3.05, 3.63) is 35.6 Å². The largest absolute Gasteiger partial charge is 0.378 e. The second kappa shape index (κ2) is 5.92. The molecule has 1 aromatic carbocycles. The molecule has 0 bridgehead atoms. The van der Waals surface area contributed by atoms with Crippen LogP contribution in [-0.4, -0.2) is 38.0 Å². The van der Waals surface area contributed by atoms with E-state index < -0.39 is 27.7 Å². The van der Waals surface area contributed by atoms with Crippen LogP contribution in [0.5, 0.6) is 0 Å². The molecule has 0 heterocycles. The highest BCUT2D eigenvalue weighted by Gasteiger charge is 2.17. The zero-order chi connectivity index (χ0) is 13.8. The zero-order valence-electron chi connectivity index (χ0n) is 9.76. The van der Waals surface area contributed by atoms with Crippen molar-refractivity contribution in [2.45, 2.75) is 6.10 Å². The van der Waals surface area contributed by atoms with Crippen molar-refractivity contribution < 1.29 is 22.7 Å². The van der Waals surface area contributed by atoms with E-state index in [1.165, 1.54) is 12.1 Å². The minimum Gasteiger partial charge on any atom is -0.378 e. The summed E-state index contributed by atoms with van der Waals surface area (Å²) in [4.78, 5) is 11.5. The molecule has 2 N–H and O–H groups in total. The lowest BCUT2D eigenvalue weighted by Gasteiger charge is -2.11. The number of aliphatic hydroxyl groups excluding tert-OH is 1. The summed E-state index contributed by atoms with van der Waals surface area (Å²) >= 11 is 0. The highest BCUT2D eigenvalue weighted by Crippen LogP contribution is 2.13. The summed E-state index contributed by atoms with van der Waals surface area (Å²) in [5, 5.41) is 11.9. The van der Waals surface area contributed by atoms with Gasteiger partial charge in [0.1, 0.15) is 15.7 Å². The van der Waals surface area contributed by atoms with Gasteiger partial charge in [-0.1, -0.05) is 12.1 Å². The lowest BCUT2D eigenvalue weighted by molar-refractivity contribution is -0.129. The SMILES string of the molecule is CS(=O)(=O)CCNC(=O)C(O)c1ccc(F)cc1. The number of benzene rings is 1. The van der Waals surface area contributed by atoms with Gasteiger partial charge >= 0.3 is 0 Å². The summed E-state index contributed by atoms with van der Waals surface area (Å²) in [7, 11) is -3.16. The molecule has 1 aromatic rings. The average Bonchev–Trinajstić information content (AvgIpc) is 2.27. The van der Waals surface area contributed by atoms with E-state index in [0.717, 1.165) is 18.4 Å². The lowest BCUT2D eigenvalue weighted by Crippen LogP contribution is -2.33. The molecule has 0 saturated heterocycles. The molecule has 7 heteroatoms. The molecule has 0 saturated carbocycles. The molecule has 100 valence electrons. The summed E-state index contributed by atoms with van der Waals surface area (Å²) < 4.78 is 34.3. The van der Waals surface area contributed by atoms with Crippen molar-refractivity contribution in [3.63, 3.8) is 0 Å². The van der Waals surface area contributed by atoms with Gasteiger partial charge in [-0.25, -0.2) is 12.8 Å². The molecule has 0 aromatic heterocycles. The maximum atomic E-state index is 12.6. The Morgan fingerprint density at radius 3 is 2.44 bits per heavy atom. The van der Waals surface area contributed by atoms with Crippen molar-refractivity contribution in [1.82, 2.24) is 5.32 Å². The molecular formula is C11H14FNO4S. The van der Waals surface area contributed by atoms with Gasteiger partial charge in [-0.3, -0.25) is 4.79 Å². The van der Waals surface area contributed by atoms with Crippen LogP contribution in [-0.2, 0) is 14.6 Å². The van der Waals surface area contributed by atoms with E-state index in [-0.39, 0.29) is 17.9 Å². The fraction of sp³-hybridized carbons (Fsp3) is 0.364. The topological polar surface area (TPSA) is 83.5 Å². The highest BCUT2D eigenvalue weighted by atomic mass is 32.2. The Bertz CT molecular complexity index is 512. The van der Waals surface area contributed by atoms with Gasteiger partial charge in [-0.05, 0) is 17.7 Å². The quantitative estimate of drug-likeness (QED) is 0.793. The number of rotatable bonds is 5. The van der Waals surface area contributed by atoms with Gasteiger partial charge in [0, 0.05) is 12.8 Å². The van der Waals surface area contributed by atoms with Crippen LogP contribution in [0.25, 0.3) is 0 Å². The summed E-state index contributed by atoms with van der Waals surface area (Å²) in [5.41, 5.74) is 0.244. The van der Waals surface area contributed by atoms with E-state index in [9.17, 15) is 22.7 Å². The van der Waals surface area contributed by atoms with Crippen LogP contribution in [0, 0.1) is 5.82 Å². The third-order valence-electron chi connectivity index (χ3n) is 2.21. The maximum Gasteiger partial charge on any atom is 0.253 e. The molecule has 1 unspecified atom stereocenters. The van der Waals surface area contributed by atoms with Crippen LogP contribution in [0.4, 0.5) is 4.39 Å². The van der Waals surface area contributed by atoms with E-state index in [4.69, 9.17) is 0 Å². The highest BCUT2D eigenvalue weighted by molar-refractivity contribution is 7.90. The predicted molar refractivity (Wildman–Crippen MR) is 64.1 cm³/mol. The Labute approximate surface area is 105 Å². The minimum atomic E-state index is -3.16. The van der Waals surface area contributed by atoms with Gasteiger partial charge < -0.3 is 10.4 Å². The van der Waals surface area contributed by atoms with Gasteiger partial charge in [0.25, 0.3) is 5.91 Å². The first-order valence-corrected chi connectivity index (χ1v) is 7.24. The second-order valence-electron chi connectivity index (χ2n) is 3.87. The number of carbonyl (C=O) groups excluding carboxylic acids is 1. The molecule has 0 aliphatic carbocycles. The molecule has 0 fully saturated rings. The summed E-state index contributed by atoms with van der Waals surface area (Å²) in [5.74, 6) is -1.39. The fourth-order valence-electron chi connectivity index (χ4n) is 1.25. The van der Waals surface area contributed by atoms with Crippen LogP contribution < -0.4 is 5.32 Å². The van der Waals surface area contributed by atoms with Crippen LogP contribution in [0.2, 0.25) is 0 Å². The standard InChI is InChI=1S/C11H14FNO4S/c1-18(16,17)7-6-13-11(15)10(14)8-2-4-9(12)5-3-8/h2-5,10,14H,6-7H2,1H3,(H,13,15). The van der Waals surface area contributed by atoms with E-state index in [2.05, 4.69) is 5.32 Å². The van der Waals surface area contributed by atoms with Crippen molar-refractivity contribution in [2.24, 2.45) is 0 Å². The van der Waals surface area contributed by atoms with Crippen LogP contribution in [0.15, 0.2) is 24.3 Å². The second-order valence-corrected chi connectivity index (χ2v) is 6.13. The molecule has 1 atom stereocenters. The van der Waals surface area contributed by atoms with Crippen LogP contribution >= 0.6 is 0 Å². The lowest BCUT2D eigenvalue weighted by atomic mass is 10.1. The number of sulfone groups is 1. The summed E-state index contributed by atoms with van der Waals surface area (Å²) in [6, 6.07) is 4.83. The Morgan fingerprint density at radius 2 is 1.94 bits per heavy atom. The van der Waals surface area contributed by atoms with Crippen LogP contribution in [0.1, 0.15) is 11.7 Å².